The van der Waals surface area contributed by atoms with E-state index < -0.39 is 42.1 Å². The zero-order chi connectivity index (χ0) is 25.1. The number of cyclic esters (lactones) is 1. The van der Waals surface area contributed by atoms with E-state index in [1.165, 1.54) is 19.1 Å². The third-order valence-corrected chi connectivity index (χ3v) is 7.07. The van der Waals surface area contributed by atoms with E-state index in [2.05, 4.69) is 0 Å². The van der Waals surface area contributed by atoms with E-state index in [1.54, 1.807) is 6.92 Å². The molecule has 10 atom stereocenters. The minimum Gasteiger partial charge on any atom is -0.459 e. The van der Waals surface area contributed by atoms with Crippen LogP contribution in [0.2, 0.25) is 0 Å². The molecule has 2 aliphatic heterocycles. The van der Waals surface area contributed by atoms with Crippen LogP contribution >= 0.6 is 0 Å². The molecule has 0 amide bonds. The Morgan fingerprint density at radius 1 is 1.18 bits per heavy atom. The van der Waals surface area contributed by atoms with Crippen LogP contribution in [0.1, 0.15) is 60.8 Å². The highest BCUT2D eigenvalue weighted by Crippen LogP contribution is 2.32. The number of nitrogens with zero attached hydrogens (tertiary/aromatic N) is 1. The van der Waals surface area contributed by atoms with Crippen molar-refractivity contribution in [3.63, 3.8) is 0 Å². The summed E-state index contributed by atoms with van der Waals surface area (Å²) in [5.74, 6) is -1.81. The zero-order valence-corrected chi connectivity index (χ0v) is 21.4. The molecule has 0 aromatic carbocycles. The number of ether oxygens (including phenoxy) is 3. The maximum atomic E-state index is 13.1. The predicted molar refractivity (Wildman–Crippen MR) is 124 cm³/mol. The molecule has 0 bridgehead atoms. The molecular formula is C25H43NO7. The van der Waals surface area contributed by atoms with E-state index in [4.69, 9.17) is 14.2 Å². The summed E-state index contributed by atoms with van der Waals surface area (Å²) in [5, 5.41) is 21.8. The van der Waals surface area contributed by atoms with Gasteiger partial charge in [-0.3, -0.25) is 9.59 Å². The molecule has 8 heteroatoms. The highest BCUT2D eigenvalue weighted by molar-refractivity contribution is 5.91. The van der Waals surface area contributed by atoms with Crippen LogP contribution in [0.4, 0.5) is 0 Å². The molecular weight excluding hydrogens is 426 g/mol. The second kappa shape index (κ2) is 11.4. The largest absolute Gasteiger partial charge is 0.459 e. The number of ketones is 1. The van der Waals surface area contributed by atoms with Crippen molar-refractivity contribution in [2.24, 2.45) is 17.8 Å². The molecule has 0 radical (unpaired) electrons. The molecule has 0 aromatic heterocycles. The third-order valence-electron chi connectivity index (χ3n) is 7.07. The van der Waals surface area contributed by atoms with E-state index in [0.29, 0.717) is 19.3 Å². The van der Waals surface area contributed by atoms with Gasteiger partial charge in [-0.15, -0.1) is 0 Å². The number of likely N-dealkylation sites (N-methyl/N-ethyl adjacent to an activating group) is 1. The molecule has 1 saturated heterocycles. The van der Waals surface area contributed by atoms with Crippen LogP contribution in [-0.4, -0.2) is 83.3 Å². The van der Waals surface area contributed by atoms with Crippen molar-refractivity contribution in [3.8, 4) is 0 Å². The number of allylic oxidation sites excluding steroid dienone is 1. The monoisotopic (exact) mass is 469 g/mol. The number of carbonyl (C=O) groups excluding carboxylic acids is 2. The Labute approximate surface area is 198 Å². The van der Waals surface area contributed by atoms with E-state index in [0.717, 1.165) is 0 Å². The Kier molecular flexibility index (Phi) is 9.65. The fourth-order valence-electron chi connectivity index (χ4n) is 4.88. The van der Waals surface area contributed by atoms with Gasteiger partial charge in [0.25, 0.3) is 0 Å². The summed E-state index contributed by atoms with van der Waals surface area (Å²) in [5.41, 5.74) is -1.47. The third kappa shape index (κ3) is 6.85. The summed E-state index contributed by atoms with van der Waals surface area (Å²) >= 11 is 0. The maximum absolute atomic E-state index is 13.1. The smallest absolute Gasteiger partial charge is 0.311 e. The van der Waals surface area contributed by atoms with Gasteiger partial charge in [0.15, 0.2) is 12.1 Å². The lowest BCUT2D eigenvalue weighted by Gasteiger charge is -2.43. The molecule has 1 fully saturated rings. The molecule has 8 nitrogen and oxygen atoms in total. The van der Waals surface area contributed by atoms with Gasteiger partial charge >= 0.3 is 5.97 Å². The standard InChI is InChI=1S/C25H43NO7/c1-9-20-25(6,30)11-10-19(27)14(2)12-15(3)22(17(5)23(29)32-20)33-24-21(28)18(26(7)8)13-16(4)31-24/h10-11,14-18,20-22,24,28,30H,9,12-13H2,1-8H3/b11-10+. The average molecular weight is 470 g/mol. The van der Waals surface area contributed by atoms with Crippen molar-refractivity contribution in [3.05, 3.63) is 12.2 Å². The number of hydrogen-bond acceptors (Lipinski definition) is 8. The molecule has 2 rings (SSSR count). The lowest BCUT2D eigenvalue weighted by molar-refractivity contribution is -0.279. The van der Waals surface area contributed by atoms with Crippen LogP contribution in [0, 0.1) is 17.8 Å². The van der Waals surface area contributed by atoms with Gasteiger partial charge in [0.2, 0.25) is 0 Å². The fraction of sp³-hybridized carbons (Fsp3) is 0.840. The second-order valence-corrected chi connectivity index (χ2v) is 10.4. The minimum atomic E-state index is -1.47. The summed E-state index contributed by atoms with van der Waals surface area (Å²) in [6, 6.07) is -0.146. The van der Waals surface area contributed by atoms with Crippen molar-refractivity contribution in [1.82, 2.24) is 4.90 Å². The van der Waals surface area contributed by atoms with Crippen molar-refractivity contribution < 1.29 is 34.0 Å². The van der Waals surface area contributed by atoms with Crippen LogP contribution in [0.5, 0.6) is 0 Å². The highest BCUT2D eigenvalue weighted by atomic mass is 16.7. The van der Waals surface area contributed by atoms with Gasteiger partial charge in [0.1, 0.15) is 17.8 Å². The Morgan fingerprint density at radius 2 is 1.82 bits per heavy atom. The molecule has 0 aromatic rings. The predicted octanol–water partition coefficient (Wildman–Crippen LogP) is 2.31. The summed E-state index contributed by atoms with van der Waals surface area (Å²) in [6.45, 7) is 10.8. The van der Waals surface area contributed by atoms with Crippen LogP contribution in [0.25, 0.3) is 0 Å². The van der Waals surface area contributed by atoms with Crippen molar-refractivity contribution in [1.29, 1.82) is 0 Å². The first-order valence-electron chi connectivity index (χ1n) is 12.1. The second-order valence-electron chi connectivity index (χ2n) is 10.4. The van der Waals surface area contributed by atoms with Crippen LogP contribution in [-0.2, 0) is 23.8 Å². The van der Waals surface area contributed by atoms with Gasteiger partial charge in [-0.05, 0) is 72.2 Å². The van der Waals surface area contributed by atoms with Crippen molar-refractivity contribution >= 4 is 11.8 Å². The van der Waals surface area contributed by atoms with Gasteiger partial charge < -0.3 is 29.3 Å². The Hall–Kier alpha value is -1.32. The van der Waals surface area contributed by atoms with Gasteiger partial charge in [0, 0.05) is 12.0 Å². The summed E-state index contributed by atoms with van der Waals surface area (Å²) < 4.78 is 17.9. The summed E-state index contributed by atoms with van der Waals surface area (Å²) in [4.78, 5) is 27.8. The Bertz CT molecular complexity index is 707. The molecule has 33 heavy (non-hydrogen) atoms. The normalized spacial score (nSPS) is 44.6. The fourth-order valence-corrected chi connectivity index (χ4v) is 4.88. The van der Waals surface area contributed by atoms with Crippen LogP contribution in [0.15, 0.2) is 12.2 Å². The van der Waals surface area contributed by atoms with E-state index in [9.17, 15) is 19.8 Å². The molecule has 10 unspecified atom stereocenters. The van der Waals surface area contributed by atoms with E-state index >= 15 is 0 Å². The maximum Gasteiger partial charge on any atom is 0.311 e. The van der Waals surface area contributed by atoms with Crippen molar-refractivity contribution in [2.45, 2.75) is 103 Å². The Balaban J connectivity index is 2.36. The molecule has 2 aliphatic rings. The number of carbonyl (C=O) groups is 2. The van der Waals surface area contributed by atoms with Gasteiger partial charge in [-0.2, -0.15) is 0 Å². The van der Waals surface area contributed by atoms with E-state index in [-0.39, 0.29) is 29.8 Å². The molecule has 0 spiro atoms. The average Bonchev–Trinajstić information content (AvgIpc) is 2.74. The number of aliphatic hydroxyl groups is 2. The molecule has 2 N–H and O–H groups in total. The molecule has 0 aliphatic carbocycles. The Morgan fingerprint density at radius 3 is 2.39 bits per heavy atom. The number of aliphatic hydroxyl groups excluding tert-OH is 1. The first-order valence-corrected chi connectivity index (χ1v) is 12.1. The quantitative estimate of drug-likeness (QED) is 0.605. The first-order chi connectivity index (χ1) is 15.3. The summed E-state index contributed by atoms with van der Waals surface area (Å²) in [6.07, 6.45) is 0.943. The SMILES string of the molecule is CCC1OC(=O)C(C)C(OC2OC(C)CC(N(C)C)C2O)C(C)CC(C)C(=O)/C=C/C1(C)O. The first kappa shape index (κ1) is 27.9. The van der Waals surface area contributed by atoms with Gasteiger partial charge in [-0.25, -0.2) is 0 Å². The highest BCUT2D eigenvalue weighted by Gasteiger charge is 2.43. The number of esters is 1. The minimum absolute atomic E-state index is 0.106. The van der Waals surface area contributed by atoms with Crippen LogP contribution in [0.3, 0.4) is 0 Å². The van der Waals surface area contributed by atoms with Crippen LogP contribution < -0.4 is 0 Å². The molecule has 2 heterocycles. The molecule has 0 saturated carbocycles. The van der Waals surface area contributed by atoms with E-state index in [1.807, 2.05) is 46.7 Å². The zero-order valence-electron chi connectivity index (χ0n) is 21.4. The molecule has 190 valence electrons. The number of rotatable bonds is 4. The van der Waals surface area contributed by atoms with Gasteiger partial charge in [0.05, 0.1) is 18.1 Å². The topological polar surface area (TPSA) is 106 Å². The lowest BCUT2D eigenvalue weighted by Crippen LogP contribution is -2.56. The van der Waals surface area contributed by atoms with Gasteiger partial charge in [-0.1, -0.05) is 20.8 Å². The lowest BCUT2D eigenvalue weighted by atomic mass is 9.84. The summed E-state index contributed by atoms with van der Waals surface area (Å²) in [7, 11) is 3.80. The van der Waals surface area contributed by atoms with Crippen molar-refractivity contribution in [2.75, 3.05) is 14.1 Å². The number of hydrogen-bond donors (Lipinski definition) is 2.